The van der Waals surface area contributed by atoms with Crippen molar-refractivity contribution >= 4 is 5.69 Å². The van der Waals surface area contributed by atoms with Crippen molar-refractivity contribution < 1.29 is 17.9 Å². The lowest BCUT2D eigenvalue weighted by molar-refractivity contribution is -0.141. The number of alkyl halides is 3. The maximum atomic E-state index is 12.5. The van der Waals surface area contributed by atoms with E-state index in [1.165, 1.54) is 7.05 Å². The van der Waals surface area contributed by atoms with Crippen LogP contribution in [0, 0.1) is 6.92 Å². The lowest BCUT2D eigenvalue weighted by Crippen LogP contribution is -2.06. The lowest BCUT2D eigenvalue weighted by atomic mass is 10.3. The number of halogens is 3. The Hall–Kier alpha value is -2.25. The molecule has 0 aliphatic carbocycles. The van der Waals surface area contributed by atoms with Gasteiger partial charge in [0.1, 0.15) is 0 Å². The van der Waals surface area contributed by atoms with E-state index in [4.69, 9.17) is 10.5 Å². The van der Waals surface area contributed by atoms with Crippen molar-refractivity contribution in [3.63, 3.8) is 0 Å². The third kappa shape index (κ3) is 2.78. The Morgan fingerprint density at radius 3 is 2.58 bits per heavy atom. The summed E-state index contributed by atoms with van der Waals surface area (Å²) < 4.78 is 43.7. The van der Waals surface area contributed by atoms with Crippen molar-refractivity contribution in [1.82, 2.24) is 14.8 Å². The average Bonchev–Trinajstić information content (AvgIpc) is 2.65. The van der Waals surface area contributed by atoms with E-state index in [9.17, 15) is 13.2 Å². The van der Waals surface area contributed by atoms with E-state index in [-0.39, 0.29) is 17.4 Å². The molecule has 0 unspecified atom stereocenters. The SMILES string of the molecule is Cc1ccc(N)c(Oc2cc(C(F)(F)F)nn2C)n1. The smallest absolute Gasteiger partial charge is 0.419 e. The Kier molecular flexibility index (Phi) is 3.09. The Balaban J connectivity index is 2.34. The zero-order valence-electron chi connectivity index (χ0n) is 10.2. The third-order valence-corrected chi connectivity index (χ3v) is 2.36. The molecule has 2 N–H and O–H groups in total. The second-order valence-electron chi connectivity index (χ2n) is 3.94. The second-order valence-corrected chi connectivity index (χ2v) is 3.94. The summed E-state index contributed by atoms with van der Waals surface area (Å²) >= 11 is 0. The van der Waals surface area contributed by atoms with Crippen LogP contribution in [0.15, 0.2) is 18.2 Å². The van der Waals surface area contributed by atoms with Gasteiger partial charge in [-0.2, -0.15) is 18.3 Å². The number of ether oxygens (including phenoxy) is 1. The number of hydrogen-bond donors (Lipinski definition) is 1. The van der Waals surface area contributed by atoms with Crippen molar-refractivity contribution in [3.05, 3.63) is 29.6 Å². The summed E-state index contributed by atoms with van der Waals surface area (Å²) in [6.07, 6.45) is -4.52. The van der Waals surface area contributed by atoms with Crippen LogP contribution in [0.3, 0.4) is 0 Å². The number of rotatable bonds is 2. The fraction of sp³-hybridized carbons (Fsp3) is 0.273. The number of nitrogens with zero attached hydrogens (tertiary/aromatic N) is 3. The lowest BCUT2D eigenvalue weighted by Gasteiger charge is -2.07. The van der Waals surface area contributed by atoms with Crippen LogP contribution in [-0.4, -0.2) is 14.8 Å². The van der Waals surface area contributed by atoms with Crippen LogP contribution in [0.1, 0.15) is 11.4 Å². The highest BCUT2D eigenvalue weighted by molar-refractivity contribution is 5.49. The topological polar surface area (TPSA) is 66.0 Å². The Bertz CT molecular complexity index is 606. The van der Waals surface area contributed by atoms with Gasteiger partial charge in [0, 0.05) is 18.8 Å². The molecule has 0 fully saturated rings. The van der Waals surface area contributed by atoms with Gasteiger partial charge in [0.25, 0.3) is 0 Å². The third-order valence-electron chi connectivity index (χ3n) is 2.36. The largest absolute Gasteiger partial charge is 0.435 e. The van der Waals surface area contributed by atoms with Crippen LogP contribution in [0.25, 0.3) is 0 Å². The summed E-state index contributed by atoms with van der Waals surface area (Å²) in [4.78, 5) is 4.01. The first-order chi connectivity index (χ1) is 8.77. The monoisotopic (exact) mass is 272 g/mol. The van der Waals surface area contributed by atoms with Gasteiger partial charge in [-0.15, -0.1) is 0 Å². The number of aryl methyl sites for hydroxylation is 2. The molecule has 0 aromatic carbocycles. The van der Waals surface area contributed by atoms with E-state index < -0.39 is 11.9 Å². The molecule has 0 spiro atoms. The number of aromatic nitrogens is 3. The number of anilines is 1. The molecule has 5 nitrogen and oxygen atoms in total. The van der Waals surface area contributed by atoms with Crippen molar-refractivity contribution in [3.8, 4) is 11.8 Å². The molecular formula is C11H11F3N4O. The van der Waals surface area contributed by atoms with E-state index in [0.29, 0.717) is 5.69 Å². The summed E-state index contributed by atoms with van der Waals surface area (Å²) in [7, 11) is 1.34. The minimum absolute atomic E-state index is 0.0525. The first kappa shape index (κ1) is 13.2. The molecule has 0 bridgehead atoms. The fourth-order valence-corrected chi connectivity index (χ4v) is 1.41. The minimum atomic E-state index is -4.52. The number of hydrogen-bond acceptors (Lipinski definition) is 4. The summed E-state index contributed by atoms with van der Waals surface area (Å²) in [5, 5.41) is 3.33. The zero-order valence-corrected chi connectivity index (χ0v) is 10.2. The molecule has 8 heteroatoms. The molecule has 2 aromatic heterocycles. The van der Waals surface area contributed by atoms with E-state index in [2.05, 4.69) is 10.1 Å². The summed E-state index contributed by atoms with van der Waals surface area (Å²) in [5.74, 6) is -0.0335. The average molecular weight is 272 g/mol. The molecule has 102 valence electrons. The predicted molar refractivity (Wildman–Crippen MR) is 61.7 cm³/mol. The molecule has 0 amide bonds. The second kappa shape index (κ2) is 4.45. The highest BCUT2D eigenvalue weighted by Gasteiger charge is 2.35. The van der Waals surface area contributed by atoms with Gasteiger partial charge in [-0.25, -0.2) is 9.67 Å². The van der Waals surface area contributed by atoms with Crippen molar-refractivity contribution in [2.45, 2.75) is 13.1 Å². The van der Waals surface area contributed by atoms with E-state index in [1.54, 1.807) is 19.1 Å². The quantitative estimate of drug-likeness (QED) is 0.912. The van der Waals surface area contributed by atoms with Gasteiger partial charge in [-0.05, 0) is 19.1 Å². The van der Waals surface area contributed by atoms with E-state index in [1.807, 2.05) is 0 Å². The summed E-state index contributed by atoms with van der Waals surface area (Å²) in [6.45, 7) is 1.72. The minimum Gasteiger partial charge on any atom is -0.419 e. The van der Waals surface area contributed by atoms with Crippen LogP contribution in [0.5, 0.6) is 11.8 Å². The van der Waals surface area contributed by atoms with Crippen molar-refractivity contribution in [2.75, 3.05) is 5.73 Å². The first-order valence-electron chi connectivity index (χ1n) is 5.29. The molecule has 19 heavy (non-hydrogen) atoms. The zero-order chi connectivity index (χ0) is 14.2. The molecule has 0 aliphatic heterocycles. The molecule has 0 radical (unpaired) electrons. The molecular weight excluding hydrogens is 261 g/mol. The number of nitrogen functional groups attached to an aromatic ring is 1. The molecule has 0 atom stereocenters. The highest BCUT2D eigenvalue weighted by atomic mass is 19.4. The van der Waals surface area contributed by atoms with Gasteiger partial charge < -0.3 is 10.5 Å². The van der Waals surface area contributed by atoms with Crippen LogP contribution in [0.2, 0.25) is 0 Å². The van der Waals surface area contributed by atoms with Crippen LogP contribution >= 0.6 is 0 Å². The summed E-state index contributed by atoms with van der Waals surface area (Å²) in [5.41, 5.74) is 5.49. The Labute approximate surface area is 106 Å². The highest BCUT2D eigenvalue weighted by Crippen LogP contribution is 2.32. The molecule has 2 rings (SSSR count). The number of nitrogens with two attached hydrogens (primary N) is 1. The van der Waals surface area contributed by atoms with Crippen LogP contribution in [0.4, 0.5) is 18.9 Å². The molecule has 2 heterocycles. The van der Waals surface area contributed by atoms with Crippen LogP contribution in [-0.2, 0) is 13.2 Å². The van der Waals surface area contributed by atoms with Crippen LogP contribution < -0.4 is 10.5 Å². The standard InChI is InChI=1S/C11H11F3N4O/c1-6-3-4-7(15)10(16-6)19-9-5-8(11(12,13)14)17-18(9)2/h3-5H,15H2,1-2H3. The molecule has 0 saturated heterocycles. The Morgan fingerprint density at radius 2 is 2.00 bits per heavy atom. The molecule has 0 aliphatic rings. The van der Waals surface area contributed by atoms with Gasteiger partial charge in [0.2, 0.25) is 11.8 Å². The van der Waals surface area contributed by atoms with Crippen molar-refractivity contribution in [1.29, 1.82) is 0 Å². The van der Waals surface area contributed by atoms with E-state index >= 15 is 0 Å². The first-order valence-corrected chi connectivity index (χ1v) is 5.29. The number of pyridine rings is 1. The maximum absolute atomic E-state index is 12.5. The van der Waals surface area contributed by atoms with Gasteiger partial charge in [0.15, 0.2) is 5.69 Å². The normalized spacial score (nSPS) is 11.6. The van der Waals surface area contributed by atoms with Crippen molar-refractivity contribution in [2.24, 2.45) is 7.05 Å². The van der Waals surface area contributed by atoms with Gasteiger partial charge in [-0.3, -0.25) is 0 Å². The van der Waals surface area contributed by atoms with Gasteiger partial charge in [-0.1, -0.05) is 0 Å². The fourth-order valence-electron chi connectivity index (χ4n) is 1.41. The molecule has 2 aromatic rings. The summed E-state index contributed by atoms with van der Waals surface area (Å²) in [6, 6.07) is 4.04. The Morgan fingerprint density at radius 1 is 1.32 bits per heavy atom. The van der Waals surface area contributed by atoms with E-state index in [0.717, 1.165) is 10.7 Å². The predicted octanol–water partition coefficient (Wildman–Crippen LogP) is 2.52. The maximum Gasteiger partial charge on any atom is 0.435 e. The van der Waals surface area contributed by atoms with Gasteiger partial charge in [0.05, 0.1) is 5.69 Å². The molecule has 0 saturated carbocycles. The van der Waals surface area contributed by atoms with Gasteiger partial charge >= 0.3 is 6.18 Å².